The predicted octanol–water partition coefficient (Wildman–Crippen LogP) is 4.62. The van der Waals surface area contributed by atoms with Crippen molar-refractivity contribution in [1.82, 2.24) is 5.06 Å². The first-order valence-electron chi connectivity index (χ1n) is 6.12. The number of benzene rings is 2. The first-order chi connectivity index (χ1) is 10.1. The van der Waals surface area contributed by atoms with E-state index in [1.54, 1.807) is 24.3 Å². The first-order valence-corrected chi connectivity index (χ1v) is 6.87. The molecule has 0 radical (unpaired) electrons. The lowest BCUT2D eigenvalue weighted by molar-refractivity contribution is 0.0110. The van der Waals surface area contributed by atoms with Gasteiger partial charge < -0.3 is 5.32 Å². The number of nitrogens with zero attached hydrogens (tertiary/aromatic N) is 1. The van der Waals surface area contributed by atoms with Gasteiger partial charge in [-0.3, -0.25) is 5.21 Å². The Kier molecular flexibility index (Phi) is 3.59. The van der Waals surface area contributed by atoms with Crippen LogP contribution in [0, 0.1) is 0 Å². The number of fused-ring (bicyclic) bond motifs is 1. The van der Waals surface area contributed by atoms with Crippen LogP contribution in [-0.2, 0) is 0 Å². The number of anilines is 1. The number of hydroxylamine groups is 2. The number of carbonyl (C=O) groups excluding carboxylic acids is 1. The molecule has 21 heavy (non-hydrogen) atoms. The highest BCUT2D eigenvalue weighted by atomic mass is 35.5. The number of hydrogen-bond donors (Lipinski definition) is 2. The molecule has 4 nitrogen and oxygen atoms in total. The van der Waals surface area contributed by atoms with E-state index >= 15 is 0 Å². The van der Waals surface area contributed by atoms with Crippen LogP contribution in [0.25, 0.3) is 5.57 Å². The van der Waals surface area contributed by atoms with Gasteiger partial charge in [0.15, 0.2) is 0 Å². The minimum absolute atomic E-state index is 0.493. The molecular weight excluding hydrogens is 311 g/mol. The van der Waals surface area contributed by atoms with Crippen molar-refractivity contribution >= 4 is 40.5 Å². The molecule has 6 heteroatoms. The summed E-state index contributed by atoms with van der Waals surface area (Å²) in [7, 11) is 0. The lowest BCUT2D eigenvalue weighted by Crippen LogP contribution is -2.26. The Morgan fingerprint density at radius 3 is 2.57 bits per heavy atom. The molecule has 0 saturated heterocycles. The average molecular weight is 321 g/mol. The normalized spacial score (nSPS) is 14.1. The lowest BCUT2D eigenvalue weighted by Gasteiger charge is -2.12. The van der Waals surface area contributed by atoms with Crippen LogP contribution in [-0.4, -0.2) is 16.3 Å². The Balaban J connectivity index is 2.27. The van der Waals surface area contributed by atoms with Crippen LogP contribution in [0.2, 0.25) is 10.0 Å². The maximum Gasteiger partial charge on any atom is 0.349 e. The second-order valence-electron chi connectivity index (χ2n) is 4.49. The summed E-state index contributed by atoms with van der Waals surface area (Å²) >= 11 is 12.3. The van der Waals surface area contributed by atoms with Crippen LogP contribution in [0.5, 0.6) is 0 Å². The van der Waals surface area contributed by atoms with Gasteiger partial charge in [0.1, 0.15) is 0 Å². The van der Waals surface area contributed by atoms with Crippen LogP contribution in [0.4, 0.5) is 10.5 Å². The van der Waals surface area contributed by atoms with Gasteiger partial charge in [0.2, 0.25) is 0 Å². The number of carbonyl (C=O) groups is 1. The van der Waals surface area contributed by atoms with E-state index in [2.05, 4.69) is 5.32 Å². The fraction of sp³-hybridized carbons (Fsp3) is 0. The number of rotatable bonds is 1. The van der Waals surface area contributed by atoms with E-state index in [9.17, 15) is 10.0 Å². The SMILES string of the molecule is O=C1Nc2ccc(Cl)cc2C(c2ccccc2Cl)=CN1O. The summed E-state index contributed by atoms with van der Waals surface area (Å²) in [5.41, 5.74) is 2.52. The maximum absolute atomic E-state index is 11.8. The zero-order valence-corrected chi connectivity index (χ0v) is 12.2. The molecule has 0 aliphatic carbocycles. The highest BCUT2D eigenvalue weighted by Gasteiger charge is 2.22. The monoisotopic (exact) mass is 320 g/mol. The molecule has 2 aromatic rings. The molecule has 0 aromatic heterocycles. The van der Waals surface area contributed by atoms with E-state index in [4.69, 9.17) is 23.2 Å². The van der Waals surface area contributed by atoms with E-state index in [0.29, 0.717) is 37.5 Å². The summed E-state index contributed by atoms with van der Waals surface area (Å²) in [4.78, 5) is 11.8. The second kappa shape index (κ2) is 5.41. The minimum Gasteiger partial charge on any atom is -0.305 e. The van der Waals surface area contributed by atoms with Crippen LogP contribution < -0.4 is 5.32 Å². The molecule has 0 unspecified atom stereocenters. The summed E-state index contributed by atoms with van der Waals surface area (Å²) in [6, 6.07) is 11.6. The fourth-order valence-corrected chi connectivity index (χ4v) is 2.58. The maximum atomic E-state index is 11.8. The lowest BCUT2D eigenvalue weighted by atomic mass is 9.97. The third-order valence-corrected chi connectivity index (χ3v) is 3.70. The van der Waals surface area contributed by atoms with Crippen LogP contribution >= 0.6 is 23.2 Å². The molecule has 106 valence electrons. The molecule has 0 spiro atoms. The van der Waals surface area contributed by atoms with Crippen molar-refractivity contribution in [2.45, 2.75) is 0 Å². The molecule has 0 saturated carbocycles. The van der Waals surface area contributed by atoms with Crippen molar-refractivity contribution < 1.29 is 10.0 Å². The van der Waals surface area contributed by atoms with Crippen molar-refractivity contribution in [1.29, 1.82) is 0 Å². The molecule has 0 fully saturated rings. The number of hydrogen-bond acceptors (Lipinski definition) is 2. The Morgan fingerprint density at radius 2 is 1.81 bits per heavy atom. The van der Waals surface area contributed by atoms with Crippen molar-refractivity contribution in [3.8, 4) is 0 Å². The quantitative estimate of drug-likeness (QED) is 0.753. The summed E-state index contributed by atoms with van der Waals surface area (Å²) in [5.74, 6) is 0. The van der Waals surface area contributed by atoms with Gasteiger partial charge in [-0.2, -0.15) is 5.06 Å². The average Bonchev–Trinajstić information content (AvgIpc) is 2.58. The van der Waals surface area contributed by atoms with E-state index in [0.717, 1.165) is 0 Å². The number of amides is 2. The highest BCUT2D eigenvalue weighted by molar-refractivity contribution is 6.33. The third-order valence-electron chi connectivity index (χ3n) is 3.14. The molecule has 2 amide bonds. The minimum atomic E-state index is -0.652. The summed E-state index contributed by atoms with van der Waals surface area (Å²) < 4.78 is 0. The number of urea groups is 1. The van der Waals surface area contributed by atoms with Crippen LogP contribution in [0.15, 0.2) is 48.7 Å². The van der Waals surface area contributed by atoms with Crippen LogP contribution in [0.1, 0.15) is 11.1 Å². The van der Waals surface area contributed by atoms with Gasteiger partial charge in [-0.05, 0) is 24.3 Å². The van der Waals surface area contributed by atoms with Gasteiger partial charge in [-0.1, -0.05) is 41.4 Å². The van der Waals surface area contributed by atoms with E-state index in [-0.39, 0.29) is 0 Å². The molecule has 1 heterocycles. The summed E-state index contributed by atoms with van der Waals surface area (Å²) in [5, 5.41) is 13.9. The molecule has 2 N–H and O–H groups in total. The zero-order valence-electron chi connectivity index (χ0n) is 10.7. The zero-order chi connectivity index (χ0) is 15.0. The van der Waals surface area contributed by atoms with Gasteiger partial charge in [0.05, 0.1) is 5.69 Å². The Labute approximate surface area is 131 Å². The topological polar surface area (TPSA) is 52.6 Å². The van der Waals surface area contributed by atoms with E-state index in [1.807, 2.05) is 18.2 Å². The predicted molar refractivity (Wildman–Crippen MR) is 82.6 cm³/mol. The molecule has 2 aromatic carbocycles. The van der Waals surface area contributed by atoms with Crippen molar-refractivity contribution in [2.24, 2.45) is 0 Å². The largest absolute Gasteiger partial charge is 0.349 e. The Morgan fingerprint density at radius 1 is 1.05 bits per heavy atom. The van der Waals surface area contributed by atoms with Crippen molar-refractivity contribution in [2.75, 3.05) is 5.32 Å². The van der Waals surface area contributed by atoms with Crippen molar-refractivity contribution in [3.63, 3.8) is 0 Å². The molecule has 0 atom stereocenters. The Bertz CT molecular complexity index is 759. The van der Waals surface area contributed by atoms with Gasteiger partial charge in [-0.15, -0.1) is 0 Å². The van der Waals surface area contributed by atoms with Gasteiger partial charge in [-0.25, -0.2) is 4.79 Å². The summed E-state index contributed by atoms with van der Waals surface area (Å²) in [6.07, 6.45) is 1.32. The van der Waals surface area contributed by atoms with Gasteiger partial charge in [0.25, 0.3) is 0 Å². The first kappa shape index (κ1) is 13.9. The smallest absolute Gasteiger partial charge is 0.305 e. The molecule has 0 bridgehead atoms. The fourth-order valence-electron chi connectivity index (χ4n) is 2.17. The molecular formula is C15H10Cl2N2O2. The number of nitrogens with one attached hydrogen (secondary N) is 1. The van der Waals surface area contributed by atoms with Gasteiger partial charge in [0, 0.05) is 32.9 Å². The third kappa shape index (κ3) is 2.61. The van der Waals surface area contributed by atoms with Crippen LogP contribution in [0.3, 0.4) is 0 Å². The Hall–Kier alpha value is -2.01. The number of halogens is 2. The molecule has 3 rings (SSSR count). The summed E-state index contributed by atoms with van der Waals surface area (Å²) in [6.45, 7) is 0. The van der Waals surface area contributed by atoms with E-state index in [1.165, 1.54) is 6.20 Å². The molecule has 1 aliphatic rings. The molecule has 1 aliphatic heterocycles. The van der Waals surface area contributed by atoms with Crippen molar-refractivity contribution in [3.05, 3.63) is 69.8 Å². The second-order valence-corrected chi connectivity index (χ2v) is 5.33. The van der Waals surface area contributed by atoms with E-state index < -0.39 is 6.03 Å². The van der Waals surface area contributed by atoms with Gasteiger partial charge >= 0.3 is 6.03 Å². The standard InChI is InChI=1S/C15H10Cl2N2O2/c16-9-5-6-14-11(7-9)12(8-19(21)15(20)18-14)10-3-1-2-4-13(10)17/h1-8,21H,(H,18,20). The highest BCUT2D eigenvalue weighted by Crippen LogP contribution is 2.36.